The molecule has 0 aliphatic heterocycles. The number of carbonyl (C=O) groups is 2. The molecule has 8 heavy (non-hydrogen) atoms. The zero-order chi connectivity index (χ0) is 7.44. The van der Waals surface area contributed by atoms with Gasteiger partial charge in [-0.05, 0) is 0 Å². The Morgan fingerprint density at radius 2 is 1.88 bits per heavy atom. The van der Waals surface area contributed by atoms with Crippen LogP contribution in [0.15, 0.2) is 12.1 Å². The molecule has 0 heterocycles. The molecule has 4 heteroatoms. The summed E-state index contributed by atoms with van der Waals surface area (Å²) in [6, 6.07) is -0.928. The first kappa shape index (κ1) is 4.83. The predicted octanol–water partition coefficient (Wildman–Crippen LogP) is -0.288. The second kappa shape index (κ2) is 2.79. The lowest BCUT2D eigenvalue weighted by Crippen LogP contribution is -1.91. The molecule has 0 spiro atoms. The van der Waals surface area contributed by atoms with Crippen molar-refractivity contribution in [1.82, 2.24) is 0 Å². The monoisotopic (exact) mass is 117 g/mol. The molecule has 0 aromatic rings. The zero-order valence-corrected chi connectivity index (χ0v) is 3.79. The van der Waals surface area contributed by atoms with E-state index in [1.807, 2.05) is 0 Å². The molecule has 0 aliphatic carbocycles. The first-order valence-electron chi connectivity index (χ1n) is 2.18. The largest absolute Gasteiger partial charge is 0.478 e. The number of carboxylic acid groups (broad SMARTS) is 2. The maximum atomic E-state index is 9.72. The molecule has 0 bridgehead atoms. The van der Waals surface area contributed by atoms with Crippen molar-refractivity contribution in [3.8, 4) is 0 Å². The van der Waals surface area contributed by atoms with E-state index in [1.54, 1.807) is 0 Å². The Bertz CT molecular complexity index is 171. The van der Waals surface area contributed by atoms with Crippen LogP contribution in [0.3, 0.4) is 0 Å². The predicted molar refractivity (Wildman–Crippen MR) is 24.4 cm³/mol. The third-order valence-electron chi connectivity index (χ3n) is 0.319. The molecule has 44 valence electrons. The van der Waals surface area contributed by atoms with Gasteiger partial charge in [0, 0.05) is 12.1 Å². The highest BCUT2D eigenvalue weighted by atomic mass is 16.4. The second-order valence-electron chi connectivity index (χ2n) is 0.932. The average Bonchev–Trinajstić information content (AvgIpc) is 1.63. The van der Waals surface area contributed by atoms with Gasteiger partial charge in [0.05, 0.1) is 1.37 Å². The van der Waals surface area contributed by atoms with Crippen LogP contribution in [0.25, 0.3) is 0 Å². The van der Waals surface area contributed by atoms with Gasteiger partial charge in [-0.2, -0.15) is 0 Å². The molecule has 0 aromatic carbocycles. The summed E-state index contributed by atoms with van der Waals surface area (Å²) < 4.78 is 6.44. The highest BCUT2D eigenvalue weighted by Crippen LogP contribution is 1.70. The van der Waals surface area contributed by atoms with Gasteiger partial charge in [-0.25, -0.2) is 9.59 Å². The second-order valence-corrected chi connectivity index (χ2v) is 0.932. The molecule has 0 fully saturated rings. The topological polar surface area (TPSA) is 74.6 Å². The van der Waals surface area contributed by atoms with Crippen LogP contribution in [0.2, 0.25) is 0 Å². The van der Waals surface area contributed by atoms with Crippen LogP contribution in [0, 0.1) is 0 Å². The van der Waals surface area contributed by atoms with Gasteiger partial charge in [-0.1, -0.05) is 0 Å². The summed E-state index contributed by atoms with van der Waals surface area (Å²) >= 11 is 0. The van der Waals surface area contributed by atoms with E-state index < -0.39 is 18.0 Å². The van der Waals surface area contributed by atoms with E-state index in [0.717, 1.165) is 0 Å². The maximum Gasteiger partial charge on any atom is 0.328 e. The molecular formula is C4H4O4. The molecule has 0 unspecified atom stereocenters. The minimum Gasteiger partial charge on any atom is -0.478 e. The van der Waals surface area contributed by atoms with Gasteiger partial charge in [0.1, 0.15) is 0 Å². The SMILES string of the molecule is [2H]/C(=C\C(=O)O)C(=O)O. The standard InChI is InChI=1S/C4H4O4/c5-3(6)1-2-4(7)8/h1-2H,(H,5,6)(H,7,8)/b2-1+/i1D. The minimum atomic E-state index is -1.54. The van der Waals surface area contributed by atoms with Crippen LogP contribution in [0.4, 0.5) is 0 Å². The highest BCUT2D eigenvalue weighted by molar-refractivity contribution is 5.89. The van der Waals surface area contributed by atoms with E-state index >= 15 is 0 Å². The van der Waals surface area contributed by atoms with Crippen molar-refractivity contribution < 1.29 is 21.2 Å². The summed E-state index contributed by atoms with van der Waals surface area (Å²) in [5.41, 5.74) is 0. The Kier molecular flexibility index (Phi) is 1.68. The molecule has 0 atom stereocenters. The molecule has 0 radical (unpaired) electrons. The van der Waals surface area contributed by atoms with Crippen LogP contribution in [0.1, 0.15) is 1.37 Å². The molecule has 0 aliphatic rings. The normalized spacial score (nSPS) is 12.5. The van der Waals surface area contributed by atoms with Gasteiger partial charge in [-0.15, -0.1) is 0 Å². The minimum absolute atomic E-state index is 0.308. The van der Waals surface area contributed by atoms with Crippen LogP contribution in [-0.2, 0) is 9.59 Å². The smallest absolute Gasteiger partial charge is 0.328 e. The molecule has 0 aromatic heterocycles. The summed E-state index contributed by atoms with van der Waals surface area (Å²) in [6.45, 7) is 0. The summed E-state index contributed by atoms with van der Waals surface area (Å²) in [5.74, 6) is -2.97. The third-order valence-corrected chi connectivity index (χ3v) is 0.319. The van der Waals surface area contributed by atoms with Gasteiger partial charge >= 0.3 is 11.9 Å². The fourth-order valence-electron chi connectivity index (χ4n) is 0.123. The van der Waals surface area contributed by atoms with Crippen LogP contribution < -0.4 is 0 Å². The molecule has 0 saturated carbocycles. The Morgan fingerprint density at radius 3 is 2.00 bits per heavy atom. The summed E-state index contributed by atoms with van der Waals surface area (Å²) in [6.07, 6.45) is 0.308. The first-order valence-corrected chi connectivity index (χ1v) is 1.68. The summed E-state index contributed by atoms with van der Waals surface area (Å²) in [5, 5.41) is 15.8. The lowest BCUT2D eigenvalue weighted by molar-refractivity contribution is -0.134. The van der Waals surface area contributed by atoms with Crippen LogP contribution in [-0.4, -0.2) is 22.2 Å². The summed E-state index contributed by atoms with van der Waals surface area (Å²) in [4.78, 5) is 19.4. The third kappa shape index (κ3) is 4.68. The zero-order valence-electron chi connectivity index (χ0n) is 4.79. The fraction of sp³-hybridized carbons (Fsp3) is 0. The Morgan fingerprint density at radius 1 is 1.38 bits per heavy atom. The lowest BCUT2D eigenvalue weighted by Gasteiger charge is -1.74. The molecular weight excluding hydrogens is 112 g/mol. The first-order chi connectivity index (χ1) is 4.04. The van der Waals surface area contributed by atoms with E-state index in [0.29, 0.717) is 6.08 Å². The van der Waals surface area contributed by atoms with Gasteiger partial charge < -0.3 is 10.2 Å². The quantitative estimate of drug-likeness (QED) is 0.487. The van der Waals surface area contributed by atoms with E-state index in [2.05, 4.69) is 0 Å². The van der Waals surface area contributed by atoms with E-state index in [9.17, 15) is 9.59 Å². The number of hydrogen-bond donors (Lipinski definition) is 2. The van der Waals surface area contributed by atoms with Crippen molar-refractivity contribution in [2.24, 2.45) is 0 Å². The van der Waals surface area contributed by atoms with Crippen LogP contribution >= 0.6 is 0 Å². The fourth-order valence-corrected chi connectivity index (χ4v) is 0.123. The number of aliphatic carboxylic acids is 2. The van der Waals surface area contributed by atoms with Crippen molar-refractivity contribution in [3.63, 3.8) is 0 Å². The number of carboxylic acids is 2. The summed E-state index contributed by atoms with van der Waals surface area (Å²) in [7, 11) is 0. The number of hydrogen-bond acceptors (Lipinski definition) is 2. The highest BCUT2D eigenvalue weighted by Gasteiger charge is 1.88. The Balaban J connectivity index is 4.17. The Labute approximate surface area is 46.5 Å². The molecule has 2 N–H and O–H groups in total. The van der Waals surface area contributed by atoms with E-state index in [4.69, 9.17) is 11.6 Å². The van der Waals surface area contributed by atoms with Crippen molar-refractivity contribution in [3.05, 3.63) is 12.1 Å². The maximum absolute atomic E-state index is 9.72. The Hall–Kier alpha value is -1.32. The number of rotatable bonds is 2. The van der Waals surface area contributed by atoms with Gasteiger partial charge in [0.2, 0.25) is 0 Å². The lowest BCUT2D eigenvalue weighted by atomic mass is 10.5. The molecule has 0 rings (SSSR count). The van der Waals surface area contributed by atoms with Gasteiger partial charge in [0.15, 0.2) is 0 Å². The van der Waals surface area contributed by atoms with Crippen molar-refractivity contribution in [2.45, 2.75) is 0 Å². The average molecular weight is 117 g/mol. The van der Waals surface area contributed by atoms with Crippen LogP contribution in [0.5, 0.6) is 0 Å². The molecule has 4 nitrogen and oxygen atoms in total. The van der Waals surface area contributed by atoms with Gasteiger partial charge in [0.25, 0.3) is 0 Å². The van der Waals surface area contributed by atoms with E-state index in [1.165, 1.54) is 0 Å². The van der Waals surface area contributed by atoms with Gasteiger partial charge in [-0.3, -0.25) is 0 Å². The molecule has 0 saturated heterocycles. The van der Waals surface area contributed by atoms with Crippen molar-refractivity contribution in [1.29, 1.82) is 0 Å². The van der Waals surface area contributed by atoms with E-state index in [-0.39, 0.29) is 0 Å². The molecule has 0 amide bonds. The van der Waals surface area contributed by atoms with Crippen molar-refractivity contribution >= 4 is 11.9 Å². The van der Waals surface area contributed by atoms with Crippen molar-refractivity contribution in [2.75, 3.05) is 0 Å².